The van der Waals surface area contributed by atoms with Gasteiger partial charge in [0, 0.05) is 11.8 Å². The number of anilines is 1. The third kappa shape index (κ3) is 5.89. The molecule has 1 N–H and O–H groups in total. The minimum atomic E-state index is -0.215. The van der Waals surface area contributed by atoms with E-state index in [0.29, 0.717) is 18.0 Å². The fourth-order valence-corrected chi connectivity index (χ4v) is 2.67. The van der Waals surface area contributed by atoms with E-state index in [1.165, 1.54) is 0 Å². The zero-order valence-corrected chi connectivity index (χ0v) is 15.6. The topological polar surface area (TPSA) is 47.6 Å². The standard InChI is InChI=1S/C19H22BrNO3/c1-3-4-10-23-16-7-5-6-15(12-16)21-19(22)13-24-18-9-8-14(2)11-17(18)20/h5-9,11-12H,3-4,10,13H2,1-2H3,(H,21,22). The molecule has 0 spiro atoms. The zero-order chi connectivity index (χ0) is 17.4. The van der Waals surface area contributed by atoms with Gasteiger partial charge in [-0.3, -0.25) is 4.79 Å². The fraction of sp³-hybridized carbons (Fsp3) is 0.316. The number of amides is 1. The molecule has 2 aromatic rings. The van der Waals surface area contributed by atoms with Crippen LogP contribution in [0.25, 0.3) is 0 Å². The van der Waals surface area contributed by atoms with Gasteiger partial charge in [0.05, 0.1) is 11.1 Å². The number of hydrogen-bond donors (Lipinski definition) is 1. The molecule has 0 bridgehead atoms. The first-order valence-corrected chi connectivity index (χ1v) is 8.79. The molecule has 0 unspecified atom stereocenters. The van der Waals surface area contributed by atoms with Crippen molar-refractivity contribution in [3.63, 3.8) is 0 Å². The molecule has 4 nitrogen and oxygen atoms in total. The van der Waals surface area contributed by atoms with E-state index in [9.17, 15) is 4.79 Å². The molecule has 0 aromatic heterocycles. The lowest BCUT2D eigenvalue weighted by atomic mass is 10.2. The van der Waals surface area contributed by atoms with E-state index in [1.54, 1.807) is 0 Å². The lowest BCUT2D eigenvalue weighted by Crippen LogP contribution is -2.20. The first kappa shape index (κ1) is 18.3. The van der Waals surface area contributed by atoms with Gasteiger partial charge in [0.2, 0.25) is 0 Å². The van der Waals surface area contributed by atoms with Crippen LogP contribution in [0.2, 0.25) is 0 Å². The molecule has 0 saturated heterocycles. The lowest BCUT2D eigenvalue weighted by Gasteiger charge is -2.11. The highest BCUT2D eigenvalue weighted by molar-refractivity contribution is 9.10. The normalized spacial score (nSPS) is 10.3. The minimum absolute atomic E-state index is 0.0530. The highest BCUT2D eigenvalue weighted by atomic mass is 79.9. The van der Waals surface area contributed by atoms with Crippen LogP contribution in [0.3, 0.4) is 0 Å². The molecule has 0 fully saturated rings. The Balaban J connectivity index is 1.86. The van der Waals surface area contributed by atoms with Crippen LogP contribution < -0.4 is 14.8 Å². The number of hydrogen-bond acceptors (Lipinski definition) is 3. The van der Waals surface area contributed by atoms with E-state index in [-0.39, 0.29) is 12.5 Å². The molecule has 24 heavy (non-hydrogen) atoms. The van der Waals surface area contributed by atoms with Crippen molar-refractivity contribution in [2.24, 2.45) is 0 Å². The summed E-state index contributed by atoms with van der Waals surface area (Å²) in [7, 11) is 0. The lowest BCUT2D eigenvalue weighted by molar-refractivity contribution is -0.118. The molecule has 0 saturated carbocycles. The van der Waals surface area contributed by atoms with Crippen molar-refractivity contribution in [1.82, 2.24) is 0 Å². The van der Waals surface area contributed by atoms with Crippen LogP contribution >= 0.6 is 15.9 Å². The molecule has 0 atom stereocenters. The van der Waals surface area contributed by atoms with Gasteiger partial charge in [0.25, 0.3) is 5.91 Å². The smallest absolute Gasteiger partial charge is 0.262 e. The maximum atomic E-state index is 12.0. The summed E-state index contributed by atoms with van der Waals surface area (Å²) in [5.41, 5.74) is 1.82. The number of carbonyl (C=O) groups excluding carboxylic acids is 1. The summed E-state index contributed by atoms with van der Waals surface area (Å²) in [4.78, 5) is 12.0. The van der Waals surface area contributed by atoms with Gasteiger partial charge in [-0.05, 0) is 59.1 Å². The molecule has 128 valence electrons. The van der Waals surface area contributed by atoms with Gasteiger partial charge >= 0.3 is 0 Å². The second kappa shape index (κ2) is 9.33. The summed E-state index contributed by atoms with van der Waals surface area (Å²) in [6, 6.07) is 13.1. The number of rotatable bonds is 8. The summed E-state index contributed by atoms with van der Waals surface area (Å²) in [5.74, 6) is 1.18. The summed E-state index contributed by atoms with van der Waals surface area (Å²) in [5, 5.41) is 2.81. The van der Waals surface area contributed by atoms with Crippen LogP contribution in [0.5, 0.6) is 11.5 Å². The van der Waals surface area contributed by atoms with Crippen LogP contribution in [0.15, 0.2) is 46.9 Å². The molecule has 1 amide bonds. The number of ether oxygens (including phenoxy) is 2. The SMILES string of the molecule is CCCCOc1cccc(NC(=O)COc2ccc(C)cc2Br)c1. The Bertz CT molecular complexity index is 688. The number of nitrogens with one attached hydrogen (secondary N) is 1. The second-order valence-electron chi connectivity index (χ2n) is 5.50. The average Bonchev–Trinajstić information content (AvgIpc) is 2.55. The van der Waals surface area contributed by atoms with E-state index in [2.05, 4.69) is 28.2 Å². The van der Waals surface area contributed by atoms with E-state index >= 15 is 0 Å². The molecule has 5 heteroatoms. The Morgan fingerprint density at radius 1 is 1.17 bits per heavy atom. The van der Waals surface area contributed by atoms with E-state index in [0.717, 1.165) is 28.6 Å². The van der Waals surface area contributed by atoms with E-state index in [4.69, 9.17) is 9.47 Å². The number of benzene rings is 2. The van der Waals surface area contributed by atoms with Gasteiger partial charge in [0.1, 0.15) is 11.5 Å². The van der Waals surface area contributed by atoms with Crippen LogP contribution in [-0.2, 0) is 4.79 Å². The maximum absolute atomic E-state index is 12.0. The number of halogens is 1. The number of aryl methyl sites for hydroxylation is 1. The highest BCUT2D eigenvalue weighted by Gasteiger charge is 2.07. The van der Waals surface area contributed by atoms with Crippen molar-refractivity contribution in [3.8, 4) is 11.5 Å². The Morgan fingerprint density at radius 2 is 2.00 bits per heavy atom. The first-order chi connectivity index (χ1) is 11.6. The zero-order valence-electron chi connectivity index (χ0n) is 14.0. The largest absolute Gasteiger partial charge is 0.494 e. The predicted molar refractivity (Wildman–Crippen MR) is 99.8 cm³/mol. The van der Waals surface area contributed by atoms with Crippen LogP contribution in [-0.4, -0.2) is 19.1 Å². The molecular weight excluding hydrogens is 370 g/mol. The molecule has 0 radical (unpaired) electrons. The van der Waals surface area contributed by atoms with Gasteiger partial charge in [0.15, 0.2) is 6.61 Å². The number of unbranched alkanes of at least 4 members (excludes halogenated alkanes) is 1. The Hall–Kier alpha value is -2.01. The summed E-state index contributed by atoms with van der Waals surface area (Å²) >= 11 is 3.43. The van der Waals surface area contributed by atoms with Crippen molar-refractivity contribution in [2.45, 2.75) is 26.7 Å². The van der Waals surface area contributed by atoms with Crippen LogP contribution in [0.4, 0.5) is 5.69 Å². The first-order valence-electron chi connectivity index (χ1n) is 8.00. The molecule has 0 aliphatic carbocycles. The van der Waals surface area contributed by atoms with Crippen molar-refractivity contribution in [3.05, 3.63) is 52.5 Å². The Kier molecular flexibility index (Phi) is 7.12. The highest BCUT2D eigenvalue weighted by Crippen LogP contribution is 2.25. The summed E-state index contributed by atoms with van der Waals surface area (Å²) in [6.07, 6.45) is 2.10. The second-order valence-corrected chi connectivity index (χ2v) is 6.35. The van der Waals surface area contributed by atoms with Gasteiger partial charge in [-0.25, -0.2) is 0 Å². The molecular formula is C19H22BrNO3. The Labute approximate surface area is 151 Å². The minimum Gasteiger partial charge on any atom is -0.494 e. The molecule has 0 aliphatic heterocycles. The van der Waals surface area contributed by atoms with Gasteiger partial charge in [-0.2, -0.15) is 0 Å². The third-order valence-corrected chi connectivity index (χ3v) is 3.95. The van der Waals surface area contributed by atoms with Crippen molar-refractivity contribution < 1.29 is 14.3 Å². The quantitative estimate of drug-likeness (QED) is 0.647. The molecule has 2 rings (SSSR count). The fourth-order valence-electron chi connectivity index (χ4n) is 2.06. The Morgan fingerprint density at radius 3 is 2.75 bits per heavy atom. The average molecular weight is 392 g/mol. The summed E-state index contributed by atoms with van der Waals surface area (Å²) in [6.45, 7) is 4.74. The van der Waals surface area contributed by atoms with Crippen molar-refractivity contribution in [2.75, 3.05) is 18.5 Å². The van der Waals surface area contributed by atoms with Crippen LogP contribution in [0.1, 0.15) is 25.3 Å². The van der Waals surface area contributed by atoms with Crippen molar-refractivity contribution in [1.29, 1.82) is 0 Å². The van der Waals surface area contributed by atoms with Gasteiger partial charge < -0.3 is 14.8 Å². The van der Waals surface area contributed by atoms with Crippen molar-refractivity contribution >= 4 is 27.5 Å². The van der Waals surface area contributed by atoms with E-state index in [1.807, 2.05) is 49.4 Å². The van der Waals surface area contributed by atoms with Crippen LogP contribution in [0, 0.1) is 6.92 Å². The third-order valence-electron chi connectivity index (χ3n) is 3.33. The van der Waals surface area contributed by atoms with E-state index < -0.39 is 0 Å². The summed E-state index contributed by atoms with van der Waals surface area (Å²) < 4.78 is 12.0. The number of carbonyl (C=O) groups is 1. The van der Waals surface area contributed by atoms with Gasteiger partial charge in [-0.15, -0.1) is 0 Å². The predicted octanol–water partition coefficient (Wildman–Crippen LogP) is 4.95. The molecule has 0 heterocycles. The molecule has 2 aromatic carbocycles. The maximum Gasteiger partial charge on any atom is 0.262 e. The molecule has 0 aliphatic rings. The van der Waals surface area contributed by atoms with Gasteiger partial charge in [-0.1, -0.05) is 25.5 Å². The monoisotopic (exact) mass is 391 g/mol.